The summed E-state index contributed by atoms with van der Waals surface area (Å²) in [6.07, 6.45) is 3.40. The maximum atomic E-state index is 13.0. The molecule has 10 heteroatoms. The lowest BCUT2D eigenvalue weighted by atomic mass is 10.1. The van der Waals surface area contributed by atoms with Crippen molar-refractivity contribution in [2.24, 2.45) is 4.99 Å². The van der Waals surface area contributed by atoms with E-state index in [-0.39, 0.29) is 5.91 Å². The first-order chi connectivity index (χ1) is 14.0. The van der Waals surface area contributed by atoms with Crippen LogP contribution in [-0.2, 0) is 4.79 Å². The van der Waals surface area contributed by atoms with Gasteiger partial charge in [-0.2, -0.15) is 4.99 Å². The summed E-state index contributed by atoms with van der Waals surface area (Å²) >= 11 is 2.62. The van der Waals surface area contributed by atoms with Crippen molar-refractivity contribution >= 4 is 45.4 Å². The molecule has 0 N–H and O–H groups in total. The third-order valence-electron chi connectivity index (χ3n) is 3.93. The van der Waals surface area contributed by atoms with E-state index in [9.17, 15) is 4.79 Å². The third kappa shape index (κ3) is 4.28. The van der Waals surface area contributed by atoms with Gasteiger partial charge >= 0.3 is 0 Å². The van der Waals surface area contributed by atoms with Crippen LogP contribution in [-0.4, -0.2) is 54.0 Å². The van der Waals surface area contributed by atoms with Gasteiger partial charge in [0.15, 0.2) is 16.7 Å². The van der Waals surface area contributed by atoms with E-state index in [1.807, 2.05) is 13.0 Å². The van der Waals surface area contributed by atoms with Gasteiger partial charge in [-0.15, -0.1) is 16.8 Å². The first-order valence-electron chi connectivity index (χ1n) is 8.52. The molecule has 1 saturated heterocycles. The van der Waals surface area contributed by atoms with Crippen molar-refractivity contribution in [2.45, 2.75) is 6.92 Å². The van der Waals surface area contributed by atoms with Gasteiger partial charge in [0.05, 0.1) is 26.2 Å². The molecule has 1 fully saturated rings. The molecule has 1 aromatic heterocycles. The Morgan fingerprint density at radius 2 is 1.93 bits per heavy atom. The Balaban J connectivity index is 2.02. The molecule has 152 valence electrons. The second-order valence-electron chi connectivity index (χ2n) is 5.74. The van der Waals surface area contributed by atoms with Crippen LogP contribution in [0.5, 0.6) is 17.2 Å². The molecule has 0 spiro atoms. The van der Waals surface area contributed by atoms with Crippen LogP contribution in [0.3, 0.4) is 0 Å². The number of amidine groups is 1. The number of amides is 1. The number of ether oxygens (including phenoxy) is 3. The lowest BCUT2D eigenvalue weighted by Gasteiger charge is -2.14. The Morgan fingerprint density at radius 3 is 2.52 bits per heavy atom. The van der Waals surface area contributed by atoms with E-state index in [0.717, 1.165) is 5.01 Å². The van der Waals surface area contributed by atoms with E-state index in [1.54, 1.807) is 30.2 Å². The molecule has 1 aromatic carbocycles. The number of benzene rings is 1. The number of hydrogen-bond donors (Lipinski definition) is 0. The second-order valence-corrected chi connectivity index (χ2v) is 7.91. The van der Waals surface area contributed by atoms with Gasteiger partial charge in [0.1, 0.15) is 5.01 Å². The summed E-state index contributed by atoms with van der Waals surface area (Å²) in [6, 6.07) is 3.57. The number of rotatable bonds is 7. The highest BCUT2D eigenvalue weighted by Gasteiger charge is 2.33. The molecule has 1 amide bonds. The van der Waals surface area contributed by atoms with Crippen molar-refractivity contribution < 1.29 is 19.0 Å². The summed E-state index contributed by atoms with van der Waals surface area (Å²) in [6.45, 7) is 5.92. The minimum atomic E-state index is -0.174. The fourth-order valence-corrected chi connectivity index (χ4v) is 4.27. The maximum absolute atomic E-state index is 13.0. The van der Waals surface area contributed by atoms with Gasteiger partial charge in [-0.1, -0.05) is 17.4 Å². The van der Waals surface area contributed by atoms with Gasteiger partial charge in [0.25, 0.3) is 5.91 Å². The number of nitrogens with zero attached hydrogens (tertiary/aromatic N) is 4. The van der Waals surface area contributed by atoms with Crippen molar-refractivity contribution in [3.8, 4) is 17.2 Å². The molecule has 3 rings (SSSR count). The minimum absolute atomic E-state index is 0.174. The van der Waals surface area contributed by atoms with Crippen LogP contribution in [0.15, 0.2) is 34.7 Å². The molecule has 2 aromatic rings. The highest BCUT2D eigenvalue weighted by atomic mass is 32.2. The molecule has 0 radical (unpaired) electrons. The fraction of sp³-hybridized carbons (Fsp3) is 0.263. The van der Waals surface area contributed by atoms with E-state index in [0.29, 0.717) is 44.6 Å². The van der Waals surface area contributed by atoms with Crippen molar-refractivity contribution in [2.75, 3.05) is 27.9 Å². The van der Waals surface area contributed by atoms with Gasteiger partial charge in [-0.3, -0.25) is 9.69 Å². The molecular formula is C19H20N4O4S2. The summed E-state index contributed by atoms with van der Waals surface area (Å²) < 4.78 is 16.2. The first kappa shape index (κ1) is 20.9. The summed E-state index contributed by atoms with van der Waals surface area (Å²) in [5, 5.41) is 9.80. The van der Waals surface area contributed by atoms with Crippen LogP contribution in [0, 0.1) is 6.92 Å². The van der Waals surface area contributed by atoms with E-state index in [4.69, 9.17) is 14.2 Å². The number of thioether (sulfide) groups is 1. The number of aromatic nitrogens is 2. The summed E-state index contributed by atoms with van der Waals surface area (Å²) in [4.78, 5) is 19.5. The number of aryl methyl sites for hydroxylation is 1. The standard InChI is InChI=1S/C19H20N4O4S2/c1-6-9-23-17(24)14(29-19(23)20-18-22-21-11(2)28-18)10-12-7-8-13(25-3)16(27-5)15(12)26-4/h6-8,10H,1,9H2,2-5H3/b14-10-,20-19+. The van der Waals surface area contributed by atoms with Crippen LogP contribution in [0.25, 0.3) is 6.08 Å². The maximum Gasteiger partial charge on any atom is 0.267 e. The van der Waals surface area contributed by atoms with E-state index in [1.165, 1.54) is 37.3 Å². The van der Waals surface area contributed by atoms with Crippen LogP contribution in [0.4, 0.5) is 5.13 Å². The van der Waals surface area contributed by atoms with Crippen molar-refractivity contribution in [1.82, 2.24) is 15.1 Å². The fourth-order valence-electron chi connectivity index (χ4n) is 2.67. The Kier molecular flexibility index (Phi) is 6.55. The molecule has 1 aliphatic rings. The zero-order valence-corrected chi connectivity index (χ0v) is 18.1. The number of methoxy groups -OCH3 is 3. The molecule has 1 aliphatic heterocycles. The highest BCUT2D eigenvalue weighted by molar-refractivity contribution is 8.18. The smallest absolute Gasteiger partial charge is 0.267 e. The minimum Gasteiger partial charge on any atom is -0.493 e. The van der Waals surface area contributed by atoms with E-state index in [2.05, 4.69) is 21.8 Å². The molecule has 8 nitrogen and oxygen atoms in total. The van der Waals surface area contributed by atoms with Gasteiger partial charge in [0.2, 0.25) is 10.9 Å². The van der Waals surface area contributed by atoms with Gasteiger partial charge in [-0.25, -0.2) is 0 Å². The predicted molar refractivity (Wildman–Crippen MR) is 115 cm³/mol. The molecule has 29 heavy (non-hydrogen) atoms. The van der Waals surface area contributed by atoms with E-state index < -0.39 is 0 Å². The predicted octanol–water partition coefficient (Wildman–Crippen LogP) is 3.66. The van der Waals surface area contributed by atoms with Crippen molar-refractivity contribution in [3.63, 3.8) is 0 Å². The average Bonchev–Trinajstić information content (AvgIpc) is 3.25. The highest BCUT2D eigenvalue weighted by Crippen LogP contribution is 2.42. The topological polar surface area (TPSA) is 86.1 Å². The van der Waals surface area contributed by atoms with Crippen molar-refractivity contribution in [1.29, 1.82) is 0 Å². The lowest BCUT2D eigenvalue weighted by Crippen LogP contribution is -2.29. The first-order valence-corrected chi connectivity index (χ1v) is 10.2. The average molecular weight is 433 g/mol. The number of carbonyl (C=O) groups excluding carboxylic acids is 1. The van der Waals surface area contributed by atoms with E-state index >= 15 is 0 Å². The summed E-state index contributed by atoms with van der Waals surface area (Å²) in [7, 11) is 4.63. The van der Waals surface area contributed by atoms with Crippen LogP contribution in [0.2, 0.25) is 0 Å². The summed E-state index contributed by atoms with van der Waals surface area (Å²) in [5.74, 6) is 1.31. The largest absolute Gasteiger partial charge is 0.493 e. The molecule has 0 unspecified atom stereocenters. The monoisotopic (exact) mass is 432 g/mol. The molecule has 0 saturated carbocycles. The van der Waals surface area contributed by atoms with Gasteiger partial charge in [0, 0.05) is 12.1 Å². The Hall–Kier alpha value is -2.85. The molecule has 0 aliphatic carbocycles. The molecule has 2 heterocycles. The van der Waals surface area contributed by atoms with Gasteiger partial charge in [-0.05, 0) is 36.9 Å². The number of carbonyl (C=O) groups is 1. The lowest BCUT2D eigenvalue weighted by molar-refractivity contribution is -0.121. The zero-order valence-electron chi connectivity index (χ0n) is 16.5. The Bertz CT molecular complexity index is 1000. The quantitative estimate of drug-likeness (QED) is 0.487. The van der Waals surface area contributed by atoms with Crippen molar-refractivity contribution in [3.05, 3.63) is 40.3 Å². The molecule has 0 bridgehead atoms. The van der Waals surface area contributed by atoms with Gasteiger partial charge < -0.3 is 14.2 Å². The normalized spacial score (nSPS) is 16.6. The Labute approximate surface area is 176 Å². The SMILES string of the molecule is C=CCN1C(=O)/C(=C/c2ccc(OC)c(OC)c2OC)S/C1=N/c1nnc(C)s1. The zero-order chi connectivity index (χ0) is 21.0. The third-order valence-corrected chi connectivity index (χ3v) is 5.67. The number of hydrogen-bond acceptors (Lipinski definition) is 9. The molecular weight excluding hydrogens is 412 g/mol. The summed E-state index contributed by atoms with van der Waals surface area (Å²) in [5.41, 5.74) is 0.688. The Morgan fingerprint density at radius 1 is 1.17 bits per heavy atom. The van der Waals surface area contributed by atoms with Crippen LogP contribution < -0.4 is 14.2 Å². The molecule has 0 atom stereocenters. The number of aliphatic imine (C=N–C) groups is 1. The second kappa shape index (κ2) is 9.10. The van der Waals surface area contributed by atoms with Crippen LogP contribution >= 0.6 is 23.1 Å². The van der Waals surface area contributed by atoms with Crippen LogP contribution in [0.1, 0.15) is 10.6 Å².